The zero-order valence-corrected chi connectivity index (χ0v) is 22.9. The number of ether oxygens (including phenoxy) is 2. The Morgan fingerprint density at radius 2 is 1.50 bits per heavy atom. The van der Waals surface area contributed by atoms with Crippen LogP contribution < -0.4 is 12.4 Å². The smallest absolute Gasteiger partial charge is 1.00 e. The Balaban J connectivity index is 0.000000448. The number of hydrogen-bond acceptors (Lipinski definition) is 4. The molecule has 5 rings (SSSR count). The van der Waals surface area contributed by atoms with Crippen molar-refractivity contribution in [2.45, 2.75) is 50.4 Å². The van der Waals surface area contributed by atoms with E-state index < -0.39 is 0 Å². The Labute approximate surface area is 228 Å². The minimum absolute atomic E-state index is 0. The standard InChI is InChI=1S/C22H34N2O2.C6H5.ClH.Mg/c1-23-13-15-24(16-14-23)21(8-7-19-5-3-2-4-6-19)20-9-11-22(12-10-20)25-17-18-26-22;1-2-4-6-5-3-1;;/h2-6,20-21H,7-18H2,1H3;1-5H;1H;/q;-1;;+2/p-1. The van der Waals surface area contributed by atoms with Crippen LogP contribution in [0.25, 0.3) is 0 Å². The topological polar surface area (TPSA) is 24.9 Å². The molecule has 2 saturated heterocycles. The van der Waals surface area contributed by atoms with Crippen LogP contribution in [0.15, 0.2) is 60.7 Å². The molecule has 6 heteroatoms. The van der Waals surface area contributed by atoms with Gasteiger partial charge in [-0.2, -0.15) is 36.4 Å². The van der Waals surface area contributed by atoms with Crippen molar-refractivity contribution in [3.63, 3.8) is 0 Å². The minimum atomic E-state index is -0.234. The van der Waals surface area contributed by atoms with E-state index >= 15 is 0 Å². The van der Waals surface area contributed by atoms with E-state index in [0.29, 0.717) is 6.04 Å². The molecule has 4 nitrogen and oxygen atoms in total. The van der Waals surface area contributed by atoms with E-state index in [1.54, 1.807) is 0 Å². The molecule has 3 aliphatic rings. The average molecular weight is 495 g/mol. The van der Waals surface area contributed by atoms with Gasteiger partial charge >= 0.3 is 23.1 Å². The predicted molar refractivity (Wildman–Crippen MR) is 135 cm³/mol. The van der Waals surface area contributed by atoms with Gasteiger partial charge in [0.2, 0.25) is 0 Å². The summed E-state index contributed by atoms with van der Waals surface area (Å²) in [7, 11) is 2.25. The van der Waals surface area contributed by atoms with Gasteiger partial charge in [-0.05, 0) is 44.2 Å². The SMILES string of the molecule is CN1CCN(C(CCc2ccccc2)C2CCC3(CC2)OCCO3)CC1.[Cl-].[Mg+2].[c-]1ccccc1. The van der Waals surface area contributed by atoms with Crippen LogP contribution in [-0.4, -0.2) is 91.1 Å². The van der Waals surface area contributed by atoms with Crippen LogP contribution in [0.5, 0.6) is 0 Å². The van der Waals surface area contributed by atoms with Gasteiger partial charge in [0.15, 0.2) is 5.79 Å². The largest absolute Gasteiger partial charge is 2.00 e. The Morgan fingerprint density at radius 3 is 2.03 bits per heavy atom. The van der Waals surface area contributed by atoms with Crippen LogP contribution in [-0.2, 0) is 15.9 Å². The number of nitrogens with zero attached hydrogens (tertiary/aromatic N) is 2. The number of piperazine rings is 1. The zero-order valence-electron chi connectivity index (χ0n) is 20.7. The fourth-order valence-electron chi connectivity index (χ4n) is 5.42. The van der Waals surface area contributed by atoms with Crippen molar-refractivity contribution in [2.24, 2.45) is 5.92 Å². The van der Waals surface area contributed by atoms with Gasteiger partial charge in [0, 0.05) is 45.1 Å². The molecule has 0 amide bonds. The third-order valence-electron chi connectivity index (χ3n) is 7.34. The van der Waals surface area contributed by atoms with Crippen molar-refractivity contribution in [3.05, 3.63) is 72.3 Å². The number of rotatable bonds is 5. The summed E-state index contributed by atoms with van der Waals surface area (Å²) in [6.07, 6.45) is 7.09. The van der Waals surface area contributed by atoms with Crippen LogP contribution in [0.3, 0.4) is 0 Å². The Hall–Kier alpha value is -0.664. The Kier molecular flexibility index (Phi) is 13.4. The molecule has 3 fully saturated rings. The van der Waals surface area contributed by atoms with E-state index in [0.717, 1.165) is 32.0 Å². The molecule has 1 atom stereocenters. The third-order valence-corrected chi connectivity index (χ3v) is 7.34. The van der Waals surface area contributed by atoms with Gasteiger partial charge in [-0.3, -0.25) is 4.90 Å². The molecular weight excluding hydrogens is 456 g/mol. The van der Waals surface area contributed by atoms with Gasteiger partial charge in [0.25, 0.3) is 0 Å². The quantitative estimate of drug-likeness (QED) is 0.461. The molecule has 0 bridgehead atoms. The van der Waals surface area contributed by atoms with E-state index in [-0.39, 0.29) is 41.2 Å². The molecule has 182 valence electrons. The van der Waals surface area contributed by atoms with E-state index in [4.69, 9.17) is 9.47 Å². The van der Waals surface area contributed by atoms with E-state index in [1.807, 2.05) is 30.3 Å². The molecule has 1 saturated carbocycles. The molecule has 2 aromatic carbocycles. The van der Waals surface area contributed by atoms with Gasteiger partial charge in [-0.15, -0.1) is 0 Å². The van der Waals surface area contributed by atoms with Crippen molar-refractivity contribution >= 4 is 23.1 Å². The maximum atomic E-state index is 5.96. The minimum Gasteiger partial charge on any atom is -1.00 e. The first kappa shape index (κ1) is 29.6. The van der Waals surface area contributed by atoms with Crippen LogP contribution >= 0.6 is 0 Å². The summed E-state index contributed by atoms with van der Waals surface area (Å²) in [6, 6.07) is 24.2. The van der Waals surface area contributed by atoms with Gasteiger partial charge in [0.05, 0.1) is 13.2 Å². The number of halogens is 1. The fourth-order valence-corrected chi connectivity index (χ4v) is 5.42. The summed E-state index contributed by atoms with van der Waals surface area (Å²) < 4.78 is 11.9. The zero-order chi connectivity index (χ0) is 22.1. The van der Waals surface area contributed by atoms with Crippen LogP contribution in [0.1, 0.15) is 37.7 Å². The van der Waals surface area contributed by atoms with Gasteiger partial charge in [-0.1, -0.05) is 30.3 Å². The normalized spacial score (nSPS) is 21.6. The number of benzene rings is 2. The summed E-state index contributed by atoms with van der Waals surface area (Å²) in [4.78, 5) is 5.24. The van der Waals surface area contributed by atoms with Crippen molar-refractivity contribution in [2.75, 3.05) is 46.4 Å². The first-order valence-corrected chi connectivity index (χ1v) is 12.4. The molecule has 0 N–H and O–H groups in total. The summed E-state index contributed by atoms with van der Waals surface area (Å²) in [5.41, 5.74) is 1.47. The molecule has 2 heterocycles. The van der Waals surface area contributed by atoms with Gasteiger partial charge < -0.3 is 26.8 Å². The Bertz CT molecular complexity index is 732. The molecule has 0 aromatic heterocycles. The molecule has 2 aromatic rings. The fraction of sp³-hybridized carbons (Fsp3) is 0.571. The van der Waals surface area contributed by atoms with Crippen LogP contribution in [0.4, 0.5) is 0 Å². The molecule has 34 heavy (non-hydrogen) atoms. The predicted octanol–water partition coefficient (Wildman–Crippen LogP) is 1.28. The molecule has 0 radical (unpaired) electrons. The number of hydrogen-bond donors (Lipinski definition) is 0. The molecule has 1 aliphatic carbocycles. The maximum Gasteiger partial charge on any atom is 2.00 e. The van der Waals surface area contributed by atoms with E-state index in [9.17, 15) is 0 Å². The second-order valence-corrected chi connectivity index (χ2v) is 9.45. The van der Waals surface area contributed by atoms with Crippen molar-refractivity contribution in [3.8, 4) is 0 Å². The monoisotopic (exact) mass is 494 g/mol. The van der Waals surface area contributed by atoms with Gasteiger partial charge in [-0.25, -0.2) is 0 Å². The second-order valence-electron chi connectivity index (χ2n) is 9.45. The van der Waals surface area contributed by atoms with Gasteiger partial charge in [0.1, 0.15) is 0 Å². The average Bonchev–Trinajstić information content (AvgIpc) is 3.31. The summed E-state index contributed by atoms with van der Waals surface area (Å²) in [5, 5.41) is 0. The molecule has 1 unspecified atom stereocenters. The maximum absolute atomic E-state index is 5.96. The number of likely N-dealkylation sites (N-methyl/N-ethyl adjacent to an activating group) is 1. The third kappa shape index (κ3) is 8.77. The van der Waals surface area contributed by atoms with E-state index in [2.05, 4.69) is 53.2 Å². The molecule has 2 aliphatic heterocycles. The first-order chi connectivity index (χ1) is 15.7. The molecule has 1 spiro atoms. The number of aryl methyl sites for hydroxylation is 1. The van der Waals surface area contributed by atoms with Crippen molar-refractivity contribution in [1.29, 1.82) is 0 Å². The summed E-state index contributed by atoms with van der Waals surface area (Å²) >= 11 is 0. The van der Waals surface area contributed by atoms with Crippen LogP contribution in [0.2, 0.25) is 0 Å². The van der Waals surface area contributed by atoms with Crippen LogP contribution in [0, 0.1) is 12.0 Å². The van der Waals surface area contributed by atoms with Crippen molar-refractivity contribution in [1.82, 2.24) is 9.80 Å². The summed E-state index contributed by atoms with van der Waals surface area (Å²) in [5.74, 6) is 0.545. The molecular formula is C28H39ClMgN2O2. The Morgan fingerprint density at radius 1 is 0.912 bits per heavy atom. The second kappa shape index (κ2) is 15.4. The van der Waals surface area contributed by atoms with E-state index in [1.165, 1.54) is 57.4 Å². The van der Waals surface area contributed by atoms with Crippen molar-refractivity contribution < 1.29 is 21.9 Å². The summed E-state index contributed by atoms with van der Waals surface area (Å²) in [6.45, 7) is 6.38. The first-order valence-electron chi connectivity index (χ1n) is 12.4.